The zero-order valence-corrected chi connectivity index (χ0v) is 17.0. The van der Waals surface area contributed by atoms with Gasteiger partial charge >= 0.3 is 6.01 Å². The van der Waals surface area contributed by atoms with E-state index in [1.54, 1.807) is 7.11 Å². The quantitative estimate of drug-likeness (QED) is 0.662. The molecule has 1 fully saturated rings. The van der Waals surface area contributed by atoms with Crippen molar-refractivity contribution in [1.82, 2.24) is 10.1 Å². The van der Waals surface area contributed by atoms with Crippen LogP contribution >= 0.6 is 0 Å². The zero-order valence-electron chi connectivity index (χ0n) is 17.0. The van der Waals surface area contributed by atoms with E-state index in [9.17, 15) is 4.79 Å². The van der Waals surface area contributed by atoms with Crippen LogP contribution in [-0.4, -0.2) is 42.8 Å². The van der Waals surface area contributed by atoms with Crippen molar-refractivity contribution in [3.8, 4) is 17.1 Å². The first kappa shape index (κ1) is 18.7. The standard InChI is InChI=1S/C23H24N4O3/c1-29-19-10-8-17(9-11-19)21-24-23(30-25-21)26-13-4-6-18(15-26)22(28)27-14-12-16-5-2-3-7-20(16)27/h2-3,5,7-11,18H,4,6,12-15H2,1H3/t18-/m0/s1. The van der Waals surface area contributed by atoms with Crippen LogP contribution in [0.4, 0.5) is 11.7 Å². The molecule has 7 nitrogen and oxygen atoms in total. The molecule has 0 radical (unpaired) electrons. The molecular formula is C23H24N4O3. The number of carbonyl (C=O) groups is 1. The number of piperidine rings is 1. The third-order valence-electron chi connectivity index (χ3n) is 5.96. The van der Waals surface area contributed by atoms with Crippen LogP contribution in [0.5, 0.6) is 5.75 Å². The molecule has 0 N–H and O–H groups in total. The monoisotopic (exact) mass is 404 g/mol. The van der Waals surface area contributed by atoms with Crippen LogP contribution in [-0.2, 0) is 11.2 Å². The van der Waals surface area contributed by atoms with Crippen LogP contribution in [0.3, 0.4) is 0 Å². The van der Waals surface area contributed by atoms with Gasteiger partial charge in [-0.15, -0.1) is 0 Å². The minimum absolute atomic E-state index is 0.0683. The number of carbonyl (C=O) groups excluding carboxylic acids is 1. The molecule has 2 aliphatic heterocycles. The molecule has 1 saturated heterocycles. The fourth-order valence-electron chi connectivity index (χ4n) is 4.34. The highest BCUT2D eigenvalue weighted by molar-refractivity contribution is 5.97. The molecule has 3 heterocycles. The molecule has 0 aliphatic carbocycles. The summed E-state index contributed by atoms with van der Waals surface area (Å²) in [5.74, 6) is 1.44. The Hall–Kier alpha value is -3.35. The Bertz CT molecular complexity index is 1050. The molecule has 0 spiro atoms. The number of aromatic nitrogens is 2. The predicted molar refractivity (Wildman–Crippen MR) is 114 cm³/mol. The third-order valence-corrected chi connectivity index (χ3v) is 5.96. The van der Waals surface area contributed by atoms with Crippen molar-refractivity contribution in [3.63, 3.8) is 0 Å². The second-order valence-electron chi connectivity index (χ2n) is 7.78. The third kappa shape index (κ3) is 3.40. The molecule has 0 bridgehead atoms. The topological polar surface area (TPSA) is 71.7 Å². The van der Waals surface area contributed by atoms with E-state index in [0.717, 1.165) is 49.4 Å². The largest absolute Gasteiger partial charge is 0.497 e. The second kappa shape index (κ2) is 7.82. The number of methoxy groups -OCH3 is 1. The van der Waals surface area contributed by atoms with Gasteiger partial charge < -0.3 is 19.1 Å². The van der Waals surface area contributed by atoms with Crippen LogP contribution in [0.15, 0.2) is 53.1 Å². The summed E-state index contributed by atoms with van der Waals surface area (Å²) in [7, 11) is 1.64. The van der Waals surface area contributed by atoms with E-state index >= 15 is 0 Å². The van der Waals surface area contributed by atoms with Gasteiger partial charge in [0.2, 0.25) is 11.7 Å². The summed E-state index contributed by atoms with van der Waals surface area (Å²) in [4.78, 5) is 21.8. The Morgan fingerprint density at radius 2 is 1.97 bits per heavy atom. The minimum atomic E-state index is -0.0683. The van der Waals surface area contributed by atoms with Gasteiger partial charge in [0.1, 0.15) is 5.75 Å². The van der Waals surface area contributed by atoms with Gasteiger partial charge in [0.05, 0.1) is 13.0 Å². The lowest BCUT2D eigenvalue weighted by molar-refractivity contribution is -0.122. The summed E-state index contributed by atoms with van der Waals surface area (Å²) in [6, 6.07) is 16.2. The molecular weight excluding hydrogens is 380 g/mol. The molecule has 1 atom stereocenters. The van der Waals surface area contributed by atoms with E-state index in [1.165, 1.54) is 5.56 Å². The highest BCUT2D eigenvalue weighted by Crippen LogP contribution is 2.32. The van der Waals surface area contributed by atoms with Crippen LogP contribution < -0.4 is 14.5 Å². The Morgan fingerprint density at radius 3 is 2.80 bits per heavy atom. The van der Waals surface area contributed by atoms with Gasteiger partial charge in [-0.3, -0.25) is 4.79 Å². The van der Waals surface area contributed by atoms with Gasteiger partial charge in [0.25, 0.3) is 0 Å². The van der Waals surface area contributed by atoms with E-state index < -0.39 is 0 Å². The van der Waals surface area contributed by atoms with E-state index in [4.69, 9.17) is 9.26 Å². The number of anilines is 2. The lowest BCUT2D eigenvalue weighted by Crippen LogP contribution is -2.44. The summed E-state index contributed by atoms with van der Waals surface area (Å²) in [6.45, 7) is 2.17. The summed E-state index contributed by atoms with van der Waals surface area (Å²) in [5, 5.41) is 4.13. The molecule has 0 saturated carbocycles. The first-order valence-electron chi connectivity index (χ1n) is 10.4. The maximum atomic E-state index is 13.2. The number of nitrogens with zero attached hydrogens (tertiary/aromatic N) is 4. The second-order valence-corrected chi connectivity index (χ2v) is 7.78. The van der Waals surface area contributed by atoms with Crippen molar-refractivity contribution in [1.29, 1.82) is 0 Å². The molecule has 3 aromatic rings. The summed E-state index contributed by atoms with van der Waals surface area (Å²) in [5.41, 5.74) is 3.17. The summed E-state index contributed by atoms with van der Waals surface area (Å²) < 4.78 is 10.7. The van der Waals surface area contributed by atoms with Crippen LogP contribution in [0, 0.1) is 5.92 Å². The Balaban J connectivity index is 1.30. The smallest absolute Gasteiger partial charge is 0.324 e. The molecule has 1 aromatic heterocycles. The van der Waals surface area contributed by atoms with Gasteiger partial charge in [0, 0.05) is 30.9 Å². The highest BCUT2D eigenvalue weighted by atomic mass is 16.5. The average Bonchev–Trinajstić information content (AvgIpc) is 3.46. The van der Waals surface area contributed by atoms with E-state index in [2.05, 4.69) is 16.2 Å². The maximum absolute atomic E-state index is 13.2. The SMILES string of the molecule is COc1ccc(-c2noc(N3CCC[C@H](C(=O)N4CCc5ccccc54)C3)n2)cc1. The van der Waals surface area contributed by atoms with E-state index in [1.807, 2.05) is 52.3 Å². The van der Waals surface area contributed by atoms with Crippen molar-refractivity contribution < 1.29 is 14.1 Å². The predicted octanol–water partition coefficient (Wildman–Crippen LogP) is 3.55. The molecule has 1 amide bonds. The first-order chi connectivity index (χ1) is 14.7. The maximum Gasteiger partial charge on any atom is 0.324 e. The fraction of sp³-hybridized carbons (Fsp3) is 0.348. The minimum Gasteiger partial charge on any atom is -0.497 e. The molecule has 5 rings (SSSR count). The molecule has 7 heteroatoms. The molecule has 0 unspecified atom stereocenters. The fourth-order valence-corrected chi connectivity index (χ4v) is 4.34. The van der Waals surface area contributed by atoms with E-state index in [-0.39, 0.29) is 11.8 Å². The Morgan fingerprint density at radius 1 is 1.13 bits per heavy atom. The number of fused-ring (bicyclic) bond motifs is 1. The van der Waals surface area contributed by atoms with Gasteiger partial charge in [0.15, 0.2) is 0 Å². The van der Waals surface area contributed by atoms with Crippen molar-refractivity contribution >= 4 is 17.6 Å². The van der Waals surface area contributed by atoms with Gasteiger partial charge in [-0.2, -0.15) is 4.98 Å². The van der Waals surface area contributed by atoms with Crippen molar-refractivity contribution in [2.45, 2.75) is 19.3 Å². The first-order valence-corrected chi connectivity index (χ1v) is 10.4. The van der Waals surface area contributed by atoms with Crippen LogP contribution in [0.25, 0.3) is 11.4 Å². The van der Waals surface area contributed by atoms with Crippen LogP contribution in [0.2, 0.25) is 0 Å². The normalized spacial score (nSPS) is 18.4. The molecule has 30 heavy (non-hydrogen) atoms. The summed E-state index contributed by atoms with van der Waals surface area (Å²) in [6.07, 6.45) is 2.73. The Labute approximate surface area is 175 Å². The lowest BCUT2D eigenvalue weighted by Gasteiger charge is -2.32. The number of amides is 1. The van der Waals surface area contributed by atoms with Gasteiger partial charge in [-0.25, -0.2) is 0 Å². The number of rotatable bonds is 4. The Kier molecular flexibility index (Phi) is 4.86. The average molecular weight is 404 g/mol. The van der Waals surface area contributed by atoms with Crippen molar-refractivity contribution in [3.05, 3.63) is 54.1 Å². The number of hydrogen-bond donors (Lipinski definition) is 0. The lowest BCUT2D eigenvalue weighted by atomic mass is 9.96. The zero-order chi connectivity index (χ0) is 20.5. The molecule has 2 aromatic carbocycles. The van der Waals surface area contributed by atoms with Crippen molar-refractivity contribution in [2.24, 2.45) is 5.92 Å². The number of ether oxygens (including phenoxy) is 1. The number of benzene rings is 2. The highest BCUT2D eigenvalue weighted by Gasteiger charge is 2.34. The molecule has 2 aliphatic rings. The number of hydrogen-bond acceptors (Lipinski definition) is 6. The van der Waals surface area contributed by atoms with Crippen molar-refractivity contribution in [2.75, 3.05) is 36.5 Å². The number of para-hydroxylation sites is 1. The summed E-state index contributed by atoms with van der Waals surface area (Å²) >= 11 is 0. The van der Waals surface area contributed by atoms with E-state index in [0.29, 0.717) is 18.4 Å². The van der Waals surface area contributed by atoms with Gasteiger partial charge in [-0.05, 0) is 55.2 Å². The van der Waals surface area contributed by atoms with Crippen LogP contribution in [0.1, 0.15) is 18.4 Å². The molecule has 154 valence electrons. The van der Waals surface area contributed by atoms with Gasteiger partial charge in [-0.1, -0.05) is 23.4 Å².